The number of amides is 1. The molecule has 1 amide bonds. The van der Waals surface area contributed by atoms with E-state index in [4.69, 9.17) is 5.73 Å². The van der Waals surface area contributed by atoms with Crippen LogP contribution >= 0.6 is 0 Å². The van der Waals surface area contributed by atoms with Gasteiger partial charge in [0.15, 0.2) is 0 Å². The standard InChI is InChI=1S/C16H25N3O/c1-11-4-5-14(17)8-15(11)18-16(20)6-7-19-9-12(2)13(3)10-19/h4-5,8,12-13H,6-7,9-10,17H2,1-3H3,(H,18,20). The average molecular weight is 275 g/mol. The molecule has 0 aromatic heterocycles. The van der Waals surface area contributed by atoms with Gasteiger partial charge >= 0.3 is 0 Å². The van der Waals surface area contributed by atoms with E-state index in [2.05, 4.69) is 24.1 Å². The van der Waals surface area contributed by atoms with E-state index >= 15 is 0 Å². The molecule has 1 aromatic carbocycles. The van der Waals surface area contributed by atoms with Gasteiger partial charge in [0.05, 0.1) is 0 Å². The molecule has 2 unspecified atom stereocenters. The Morgan fingerprint density at radius 1 is 1.35 bits per heavy atom. The monoisotopic (exact) mass is 275 g/mol. The minimum Gasteiger partial charge on any atom is -0.399 e. The number of nitrogens with zero attached hydrogens (tertiary/aromatic N) is 1. The van der Waals surface area contributed by atoms with E-state index in [-0.39, 0.29) is 5.91 Å². The number of rotatable bonds is 4. The fraction of sp³-hybridized carbons (Fsp3) is 0.562. The zero-order valence-corrected chi connectivity index (χ0v) is 12.6. The van der Waals surface area contributed by atoms with E-state index in [0.29, 0.717) is 12.1 Å². The Kier molecular flexibility index (Phi) is 4.65. The van der Waals surface area contributed by atoms with Crippen LogP contribution in [0.1, 0.15) is 25.8 Å². The predicted octanol–water partition coefficient (Wildman–Crippen LogP) is 2.49. The van der Waals surface area contributed by atoms with Gasteiger partial charge in [0, 0.05) is 37.4 Å². The summed E-state index contributed by atoms with van der Waals surface area (Å²) in [5.74, 6) is 1.52. The second-order valence-corrected chi connectivity index (χ2v) is 6.09. The number of aryl methyl sites for hydroxylation is 1. The lowest BCUT2D eigenvalue weighted by Crippen LogP contribution is -2.26. The van der Waals surface area contributed by atoms with Crippen LogP contribution in [0.4, 0.5) is 11.4 Å². The second kappa shape index (κ2) is 6.27. The highest BCUT2D eigenvalue weighted by Gasteiger charge is 2.25. The zero-order valence-electron chi connectivity index (χ0n) is 12.6. The molecule has 1 saturated heterocycles. The maximum atomic E-state index is 12.0. The van der Waals surface area contributed by atoms with Gasteiger partial charge in [0.25, 0.3) is 0 Å². The Morgan fingerprint density at radius 3 is 2.65 bits per heavy atom. The molecule has 0 radical (unpaired) electrons. The van der Waals surface area contributed by atoms with Crippen LogP contribution in [0.2, 0.25) is 0 Å². The quantitative estimate of drug-likeness (QED) is 0.830. The van der Waals surface area contributed by atoms with Gasteiger partial charge in [0.2, 0.25) is 5.91 Å². The van der Waals surface area contributed by atoms with Crippen LogP contribution in [-0.2, 0) is 4.79 Å². The topological polar surface area (TPSA) is 58.4 Å². The van der Waals surface area contributed by atoms with Crippen LogP contribution in [-0.4, -0.2) is 30.4 Å². The van der Waals surface area contributed by atoms with E-state index in [1.807, 2.05) is 25.1 Å². The van der Waals surface area contributed by atoms with E-state index in [1.54, 1.807) is 0 Å². The number of benzene rings is 1. The maximum absolute atomic E-state index is 12.0. The highest BCUT2D eigenvalue weighted by molar-refractivity contribution is 5.92. The number of nitrogen functional groups attached to an aromatic ring is 1. The molecule has 110 valence electrons. The van der Waals surface area contributed by atoms with Gasteiger partial charge in [-0.3, -0.25) is 4.79 Å². The van der Waals surface area contributed by atoms with Crippen LogP contribution in [0.25, 0.3) is 0 Å². The molecule has 1 aliphatic heterocycles. The summed E-state index contributed by atoms with van der Waals surface area (Å²) in [6.45, 7) is 9.57. The summed E-state index contributed by atoms with van der Waals surface area (Å²) in [6.07, 6.45) is 0.535. The average Bonchev–Trinajstić information content (AvgIpc) is 2.71. The van der Waals surface area contributed by atoms with E-state index < -0.39 is 0 Å². The normalized spacial score (nSPS) is 22.9. The first-order chi connectivity index (χ1) is 9.45. The smallest absolute Gasteiger partial charge is 0.225 e. The summed E-state index contributed by atoms with van der Waals surface area (Å²) in [6, 6.07) is 5.58. The lowest BCUT2D eigenvalue weighted by Gasteiger charge is -2.15. The van der Waals surface area contributed by atoms with Crippen LogP contribution in [0.5, 0.6) is 0 Å². The molecular formula is C16H25N3O. The Balaban J connectivity index is 1.82. The van der Waals surface area contributed by atoms with Crippen molar-refractivity contribution in [2.24, 2.45) is 11.8 Å². The predicted molar refractivity (Wildman–Crippen MR) is 83.6 cm³/mol. The second-order valence-electron chi connectivity index (χ2n) is 6.09. The van der Waals surface area contributed by atoms with Crippen molar-refractivity contribution in [2.75, 3.05) is 30.7 Å². The van der Waals surface area contributed by atoms with Gasteiger partial charge in [0.1, 0.15) is 0 Å². The highest BCUT2D eigenvalue weighted by Crippen LogP contribution is 2.22. The third kappa shape index (κ3) is 3.73. The number of carbonyl (C=O) groups is 1. The number of carbonyl (C=O) groups excluding carboxylic acids is 1. The third-order valence-corrected chi connectivity index (χ3v) is 4.25. The van der Waals surface area contributed by atoms with E-state index in [0.717, 1.165) is 42.7 Å². The summed E-state index contributed by atoms with van der Waals surface area (Å²) in [5, 5.41) is 2.95. The molecule has 3 N–H and O–H groups in total. The summed E-state index contributed by atoms with van der Waals surface area (Å²) in [4.78, 5) is 14.4. The van der Waals surface area contributed by atoms with Crippen LogP contribution in [0.3, 0.4) is 0 Å². The molecule has 2 atom stereocenters. The van der Waals surface area contributed by atoms with Crippen molar-refractivity contribution in [1.29, 1.82) is 0 Å². The maximum Gasteiger partial charge on any atom is 0.225 e. The number of nitrogens with two attached hydrogens (primary N) is 1. The Bertz CT molecular complexity index is 477. The fourth-order valence-electron chi connectivity index (χ4n) is 2.68. The van der Waals surface area contributed by atoms with Gasteiger partial charge in [-0.05, 0) is 36.5 Å². The van der Waals surface area contributed by atoms with E-state index in [9.17, 15) is 4.79 Å². The van der Waals surface area contributed by atoms with Crippen molar-refractivity contribution >= 4 is 17.3 Å². The molecule has 4 heteroatoms. The first-order valence-electron chi connectivity index (χ1n) is 7.34. The molecular weight excluding hydrogens is 250 g/mol. The van der Waals surface area contributed by atoms with Crippen LogP contribution in [0, 0.1) is 18.8 Å². The molecule has 0 bridgehead atoms. The molecule has 1 aromatic rings. The number of hydrogen-bond donors (Lipinski definition) is 2. The highest BCUT2D eigenvalue weighted by atomic mass is 16.1. The molecule has 20 heavy (non-hydrogen) atoms. The van der Waals surface area contributed by atoms with Gasteiger partial charge < -0.3 is 16.0 Å². The number of likely N-dealkylation sites (tertiary alicyclic amines) is 1. The van der Waals surface area contributed by atoms with Gasteiger partial charge in [-0.15, -0.1) is 0 Å². The van der Waals surface area contributed by atoms with Crippen LogP contribution < -0.4 is 11.1 Å². The van der Waals surface area contributed by atoms with Gasteiger partial charge in [-0.2, -0.15) is 0 Å². The number of hydrogen-bond acceptors (Lipinski definition) is 3. The third-order valence-electron chi connectivity index (χ3n) is 4.25. The molecule has 0 spiro atoms. The minimum absolute atomic E-state index is 0.0610. The largest absolute Gasteiger partial charge is 0.399 e. The molecule has 2 rings (SSSR count). The summed E-state index contributed by atoms with van der Waals surface area (Å²) in [7, 11) is 0. The lowest BCUT2D eigenvalue weighted by molar-refractivity contribution is -0.116. The number of nitrogens with one attached hydrogen (secondary N) is 1. The Labute approximate surface area is 121 Å². The van der Waals surface area contributed by atoms with Crippen molar-refractivity contribution in [2.45, 2.75) is 27.2 Å². The van der Waals surface area contributed by atoms with Crippen molar-refractivity contribution in [3.8, 4) is 0 Å². The summed E-state index contributed by atoms with van der Waals surface area (Å²) < 4.78 is 0. The Hall–Kier alpha value is -1.55. The fourth-order valence-corrected chi connectivity index (χ4v) is 2.68. The molecule has 1 fully saturated rings. The minimum atomic E-state index is 0.0610. The SMILES string of the molecule is Cc1ccc(N)cc1NC(=O)CCN1CC(C)C(C)C1. The molecule has 0 saturated carbocycles. The van der Waals surface area contributed by atoms with Crippen molar-refractivity contribution in [3.63, 3.8) is 0 Å². The van der Waals surface area contributed by atoms with Crippen molar-refractivity contribution in [1.82, 2.24) is 4.90 Å². The molecule has 4 nitrogen and oxygen atoms in total. The van der Waals surface area contributed by atoms with Gasteiger partial charge in [-0.25, -0.2) is 0 Å². The van der Waals surface area contributed by atoms with Crippen LogP contribution in [0.15, 0.2) is 18.2 Å². The zero-order chi connectivity index (χ0) is 14.7. The molecule has 1 aliphatic rings. The summed E-state index contributed by atoms with van der Waals surface area (Å²) in [5.41, 5.74) is 8.28. The van der Waals surface area contributed by atoms with Crippen molar-refractivity contribution < 1.29 is 4.79 Å². The number of anilines is 2. The Morgan fingerprint density at radius 2 is 2.00 bits per heavy atom. The first kappa shape index (κ1) is 14.9. The molecule has 0 aliphatic carbocycles. The van der Waals surface area contributed by atoms with E-state index in [1.165, 1.54) is 0 Å². The summed E-state index contributed by atoms with van der Waals surface area (Å²) >= 11 is 0. The molecule has 1 heterocycles. The van der Waals surface area contributed by atoms with Gasteiger partial charge in [-0.1, -0.05) is 19.9 Å². The van der Waals surface area contributed by atoms with Crippen molar-refractivity contribution in [3.05, 3.63) is 23.8 Å². The first-order valence-corrected chi connectivity index (χ1v) is 7.34. The lowest BCUT2D eigenvalue weighted by atomic mass is 10.0.